The maximum atomic E-state index is 6.30. The molecular formula is C17H25N3S. The molecule has 2 N–H and O–H groups in total. The number of aryl methyl sites for hydroxylation is 1. The summed E-state index contributed by atoms with van der Waals surface area (Å²) in [6.45, 7) is 8.94. The molecule has 1 aromatic heterocycles. The molecular weight excluding hydrogens is 278 g/mol. The van der Waals surface area contributed by atoms with Gasteiger partial charge in [-0.25, -0.2) is 4.98 Å². The minimum atomic E-state index is 0.548. The molecule has 0 atom stereocenters. The smallest absolute Gasteiger partial charge is 0.0907 e. The maximum absolute atomic E-state index is 6.30. The number of aromatic nitrogens is 1. The SMILES string of the molecule is CCC1(CC)CCN(c2cc3nc(C)sc3cc2N)CC1. The van der Waals surface area contributed by atoms with E-state index in [2.05, 4.69) is 42.8 Å². The number of nitrogens with zero attached hydrogens (tertiary/aromatic N) is 2. The van der Waals surface area contributed by atoms with Crippen molar-refractivity contribution in [3.05, 3.63) is 17.1 Å². The maximum Gasteiger partial charge on any atom is 0.0907 e. The van der Waals surface area contributed by atoms with Crippen LogP contribution in [0.1, 0.15) is 44.5 Å². The molecule has 3 rings (SSSR count). The van der Waals surface area contributed by atoms with Crippen LogP contribution < -0.4 is 10.6 Å². The van der Waals surface area contributed by atoms with E-state index in [1.807, 2.05) is 0 Å². The minimum Gasteiger partial charge on any atom is -0.397 e. The lowest BCUT2D eigenvalue weighted by Gasteiger charge is -2.42. The van der Waals surface area contributed by atoms with E-state index in [-0.39, 0.29) is 0 Å². The van der Waals surface area contributed by atoms with Crippen LogP contribution in [0.3, 0.4) is 0 Å². The molecule has 0 radical (unpaired) electrons. The zero-order valence-corrected chi connectivity index (χ0v) is 14.1. The van der Waals surface area contributed by atoms with Gasteiger partial charge in [0, 0.05) is 13.1 Å². The third kappa shape index (κ3) is 2.61. The first-order chi connectivity index (χ1) is 10.1. The van der Waals surface area contributed by atoms with Gasteiger partial charge >= 0.3 is 0 Å². The monoisotopic (exact) mass is 303 g/mol. The second kappa shape index (κ2) is 5.48. The molecule has 114 valence electrons. The number of piperidine rings is 1. The van der Waals surface area contributed by atoms with E-state index in [1.165, 1.54) is 36.1 Å². The number of hydrogen-bond acceptors (Lipinski definition) is 4. The van der Waals surface area contributed by atoms with Gasteiger partial charge in [0.25, 0.3) is 0 Å². The molecule has 21 heavy (non-hydrogen) atoms. The molecule has 1 aliphatic heterocycles. The molecule has 1 fully saturated rings. The Morgan fingerprint density at radius 2 is 1.90 bits per heavy atom. The topological polar surface area (TPSA) is 42.2 Å². The molecule has 1 saturated heterocycles. The molecule has 0 aliphatic carbocycles. The number of rotatable bonds is 3. The number of fused-ring (bicyclic) bond motifs is 1. The van der Waals surface area contributed by atoms with Crippen molar-refractivity contribution in [1.29, 1.82) is 0 Å². The Labute approximate surface area is 131 Å². The first-order valence-corrected chi connectivity index (χ1v) is 8.80. The van der Waals surface area contributed by atoms with Gasteiger partial charge in [-0.15, -0.1) is 11.3 Å². The quantitative estimate of drug-likeness (QED) is 0.843. The van der Waals surface area contributed by atoms with Gasteiger partial charge in [0.2, 0.25) is 0 Å². The molecule has 0 amide bonds. The van der Waals surface area contributed by atoms with Crippen LogP contribution >= 0.6 is 11.3 Å². The fraction of sp³-hybridized carbons (Fsp3) is 0.588. The second-order valence-corrected chi connectivity index (χ2v) is 7.54. The fourth-order valence-corrected chi connectivity index (χ4v) is 4.40. The largest absolute Gasteiger partial charge is 0.397 e. The zero-order chi connectivity index (χ0) is 15.0. The highest BCUT2D eigenvalue weighted by atomic mass is 32.1. The summed E-state index contributed by atoms with van der Waals surface area (Å²) in [5.41, 5.74) is 10.0. The van der Waals surface area contributed by atoms with E-state index < -0.39 is 0 Å². The van der Waals surface area contributed by atoms with Gasteiger partial charge in [-0.3, -0.25) is 0 Å². The highest BCUT2D eigenvalue weighted by Gasteiger charge is 2.31. The Kier molecular flexibility index (Phi) is 3.82. The van der Waals surface area contributed by atoms with Gasteiger partial charge < -0.3 is 10.6 Å². The number of thiazole rings is 1. The Hall–Kier alpha value is -1.29. The normalized spacial score (nSPS) is 18.3. The Morgan fingerprint density at radius 3 is 2.52 bits per heavy atom. The van der Waals surface area contributed by atoms with Crippen molar-refractivity contribution >= 4 is 32.9 Å². The predicted octanol–water partition coefficient (Wildman–Crippen LogP) is 4.59. The molecule has 1 aromatic carbocycles. The molecule has 0 saturated carbocycles. The van der Waals surface area contributed by atoms with Crippen molar-refractivity contribution in [2.75, 3.05) is 23.7 Å². The van der Waals surface area contributed by atoms with E-state index in [9.17, 15) is 0 Å². The molecule has 2 heterocycles. The van der Waals surface area contributed by atoms with Crippen LogP contribution in [0.25, 0.3) is 10.2 Å². The van der Waals surface area contributed by atoms with Crippen LogP contribution in [0.4, 0.5) is 11.4 Å². The van der Waals surface area contributed by atoms with Crippen molar-refractivity contribution in [3.63, 3.8) is 0 Å². The van der Waals surface area contributed by atoms with Crippen LogP contribution in [0.15, 0.2) is 12.1 Å². The first-order valence-electron chi connectivity index (χ1n) is 7.98. The summed E-state index contributed by atoms with van der Waals surface area (Å²) in [6.07, 6.45) is 5.12. The molecule has 0 spiro atoms. The summed E-state index contributed by atoms with van der Waals surface area (Å²) in [6, 6.07) is 4.27. The van der Waals surface area contributed by atoms with Crippen LogP contribution in [0, 0.1) is 12.3 Å². The Bertz CT molecular complexity index is 633. The van der Waals surface area contributed by atoms with Crippen LogP contribution in [-0.2, 0) is 0 Å². The Balaban J connectivity index is 1.86. The van der Waals surface area contributed by atoms with Crippen LogP contribution in [-0.4, -0.2) is 18.1 Å². The van der Waals surface area contributed by atoms with E-state index >= 15 is 0 Å². The van der Waals surface area contributed by atoms with Gasteiger partial charge in [0.05, 0.1) is 26.6 Å². The Morgan fingerprint density at radius 1 is 1.24 bits per heavy atom. The average molecular weight is 303 g/mol. The standard InChI is InChI=1S/C17H25N3S/c1-4-17(5-2)6-8-20(9-7-17)15-11-14-16(10-13(15)18)21-12(3)19-14/h10-11H,4-9,18H2,1-3H3. The van der Waals surface area contributed by atoms with Gasteiger partial charge in [0.15, 0.2) is 0 Å². The van der Waals surface area contributed by atoms with Crippen LogP contribution in [0.2, 0.25) is 0 Å². The van der Waals surface area contributed by atoms with Gasteiger partial charge in [-0.2, -0.15) is 0 Å². The number of hydrogen-bond donors (Lipinski definition) is 1. The lowest BCUT2D eigenvalue weighted by Crippen LogP contribution is -2.39. The van der Waals surface area contributed by atoms with Crippen molar-refractivity contribution in [3.8, 4) is 0 Å². The lowest BCUT2D eigenvalue weighted by molar-refractivity contribution is 0.199. The number of nitrogen functional groups attached to an aromatic ring is 1. The molecule has 3 nitrogen and oxygen atoms in total. The van der Waals surface area contributed by atoms with E-state index in [0.29, 0.717) is 5.41 Å². The van der Waals surface area contributed by atoms with Gasteiger partial charge in [-0.1, -0.05) is 26.7 Å². The summed E-state index contributed by atoms with van der Waals surface area (Å²) < 4.78 is 1.20. The third-order valence-corrected chi connectivity index (χ3v) is 6.24. The summed E-state index contributed by atoms with van der Waals surface area (Å²) in [4.78, 5) is 7.06. The van der Waals surface area contributed by atoms with Crippen molar-refractivity contribution in [1.82, 2.24) is 4.98 Å². The summed E-state index contributed by atoms with van der Waals surface area (Å²) in [7, 11) is 0. The summed E-state index contributed by atoms with van der Waals surface area (Å²) in [5, 5.41) is 1.11. The molecule has 4 heteroatoms. The molecule has 0 unspecified atom stereocenters. The number of benzene rings is 1. The predicted molar refractivity (Wildman–Crippen MR) is 93.2 cm³/mol. The van der Waals surface area contributed by atoms with Crippen molar-refractivity contribution in [2.45, 2.75) is 46.5 Å². The van der Waals surface area contributed by atoms with E-state index in [0.717, 1.165) is 29.3 Å². The average Bonchev–Trinajstić information content (AvgIpc) is 2.85. The molecule has 0 bridgehead atoms. The number of anilines is 2. The summed E-state index contributed by atoms with van der Waals surface area (Å²) in [5.74, 6) is 0. The van der Waals surface area contributed by atoms with E-state index in [4.69, 9.17) is 5.73 Å². The first kappa shape index (κ1) is 14.6. The van der Waals surface area contributed by atoms with Crippen molar-refractivity contribution in [2.24, 2.45) is 5.41 Å². The summed E-state index contributed by atoms with van der Waals surface area (Å²) >= 11 is 1.72. The minimum absolute atomic E-state index is 0.548. The zero-order valence-electron chi connectivity index (χ0n) is 13.3. The van der Waals surface area contributed by atoms with Gasteiger partial charge in [-0.05, 0) is 37.3 Å². The fourth-order valence-electron chi connectivity index (χ4n) is 3.55. The van der Waals surface area contributed by atoms with E-state index in [1.54, 1.807) is 11.3 Å². The molecule has 1 aliphatic rings. The third-order valence-electron chi connectivity index (χ3n) is 5.31. The highest BCUT2D eigenvalue weighted by molar-refractivity contribution is 7.18. The molecule has 2 aromatic rings. The van der Waals surface area contributed by atoms with Crippen LogP contribution in [0.5, 0.6) is 0 Å². The second-order valence-electron chi connectivity index (χ2n) is 6.31. The lowest BCUT2D eigenvalue weighted by atomic mass is 9.74. The number of nitrogens with two attached hydrogens (primary N) is 1. The highest BCUT2D eigenvalue weighted by Crippen LogP contribution is 2.41. The van der Waals surface area contributed by atoms with Crippen molar-refractivity contribution < 1.29 is 0 Å². The van der Waals surface area contributed by atoms with Gasteiger partial charge in [0.1, 0.15) is 0 Å².